The first-order valence-corrected chi connectivity index (χ1v) is 7.91. The van der Waals surface area contributed by atoms with Crippen LogP contribution in [-0.2, 0) is 5.75 Å². The number of thiophene rings is 1. The largest absolute Gasteiger partial charge is 0.395 e. The Balaban J connectivity index is 2.32. The zero-order valence-corrected chi connectivity index (χ0v) is 12.9. The SMILES string of the molecule is Cc1sc2nc(CSC(C)CO)nc(Cl)c2c1C. The van der Waals surface area contributed by atoms with Gasteiger partial charge in [0.2, 0.25) is 0 Å². The lowest BCUT2D eigenvalue weighted by atomic mass is 10.2. The van der Waals surface area contributed by atoms with Gasteiger partial charge in [-0.15, -0.1) is 23.1 Å². The normalized spacial score (nSPS) is 13.2. The summed E-state index contributed by atoms with van der Waals surface area (Å²) in [7, 11) is 0. The van der Waals surface area contributed by atoms with Crippen molar-refractivity contribution in [1.82, 2.24) is 9.97 Å². The predicted octanol–water partition coefficient (Wildman–Crippen LogP) is 3.58. The number of hydrogen-bond acceptors (Lipinski definition) is 5. The standard InChI is InChI=1S/C12H15ClN2OS2/c1-6(4-16)17-5-9-14-11(13)10-7(2)8(3)18-12(10)15-9/h6,16H,4-5H2,1-3H3. The summed E-state index contributed by atoms with van der Waals surface area (Å²) in [6.07, 6.45) is 0. The number of aromatic nitrogens is 2. The van der Waals surface area contributed by atoms with Crippen molar-refractivity contribution in [2.45, 2.75) is 31.8 Å². The fourth-order valence-electron chi connectivity index (χ4n) is 1.58. The number of thioether (sulfide) groups is 1. The molecular weight excluding hydrogens is 288 g/mol. The lowest BCUT2D eigenvalue weighted by Gasteiger charge is -2.06. The molecule has 0 saturated carbocycles. The van der Waals surface area contributed by atoms with E-state index in [1.807, 2.05) is 13.8 Å². The van der Waals surface area contributed by atoms with Crippen molar-refractivity contribution in [2.24, 2.45) is 0 Å². The Morgan fingerprint density at radius 2 is 2.11 bits per heavy atom. The second-order valence-electron chi connectivity index (χ2n) is 4.20. The fraction of sp³-hybridized carbons (Fsp3) is 0.500. The van der Waals surface area contributed by atoms with Crippen LogP contribution in [-0.4, -0.2) is 26.9 Å². The molecule has 0 saturated heterocycles. The Hall–Kier alpha value is -0.360. The van der Waals surface area contributed by atoms with Crippen LogP contribution in [0.3, 0.4) is 0 Å². The van der Waals surface area contributed by atoms with Crippen molar-refractivity contribution in [2.75, 3.05) is 6.61 Å². The van der Waals surface area contributed by atoms with Gasteiger partial charge in [-0.1, -0.05) is 18.5 Å². The Morgan fingerprint density at radius 1 is 1.39 bits per heavy atom. The minimum atomic E-state index is 0.165. The molecule has 0 fully saturated rings. The monoisotopic (exact) mass is 302 g/mol. The van der Waals surface area contributed by atoms with Crippen LogP contribution in [0, 0.1) is 13.8 Å². The Morgan fingerprint density at radius 3 is 2.78 bits per heavy atom. The van der Waals surface area contributed by atoms with Gasteiger partial charge in [0, 0.05) is 10.1 Å². The smallest absolute Gasteiger partial charge is 0.141 e. The van der Waals surface area contributed by atoms with Gasteiger partial charge in [-0.25, -0.2) is 9.97 Å². The summed E-state index contributed by atoms with van der Waals surface area (Å²) in [4.78, 5) is 11.1. The van der Waals surface area contributed by atoms with Crippen LogP contribution in [0.15, 0.2) is 0 Å². The van der Waals surface area contributed by atoms with Gasteiger partial charge in [0.1, 0.15) is 15.8 Å². The lowest BCUT2D eigenvalue weighted by Crippen LogP contribution is -2.04. The highest BCUT2D eigenvalue weighted by Gasteiger charge is 2.13. The van der Waals surface area contributed by atoms with Crippen molar-refractivity contribution >= 4 is 44.9 Å². The van der Waals surface area contributed by atoms with E-state index >= 15 is 0 Å². The first-order valence-electron chi connectivity index (χ1n) is 5.67. The van der Waals surface area contributed by atoms with Gasteiger partial charge in [0.15, 0.2) is 0 Å². The minimum Gasteiger partial charge on any atom is -0.395 e. The maximum Gasteiger partial charge on any atom is 0.141 e. The van der Waals surface area contributed by atoms with Crippen molar-refractivity contribution in [3.63, 3.8) is 0 Å². The van der Waals surface area contributed by atoms with Gasteiger partial charge in [-0.3, -0.25) is 0 Å². The molecule has 3 nitrogen and oxygen atoms in total. The van der Waals surface area contributed by atoms with E-state index in [1.54, 1.807) is 23.1 Å². The third kappa shape index (κ3) is 2.79. The maximum absolute atomic E-state index is 8.99. The van der Waals surface area contributed by atoms with Crippen molar-refractivity contribution in [3.8, 4) is 0 Å². The Labute approximate surface area is 120 Å². The molecule has 1 N–H and O–H groups in total. The number of rotatable bonds is 4. The van der Waals surface area contributed by atoms with Gasteiger partial charge in [0.25, 0.3) is 0 Å². The summed E-state index contributed by atoms with van der Waals surface area (Å²) in [5.41, 5.74) is 1.17. The molecule has 2 aromatic heterocycles. The molecule has 0 bridgehead atoms. The van der Waals surface area contributed by atoms with Gasteiger partial charge in [-0.05, 0) is 19.4 Å². The van der Waals surface area contributed by atoms with Crippen molar-refractivity contribution in [1.29, 1.82) is 0 Å². The van der Waals surface area contributed by atoms with Crippen LogP contribution in [0.1, 0.15) is 23.2 Å². The second kappa shape index (κ2) is 5.74. The molecule has 2 aromatic rings. The average molecular weight is 303 g/mol. The molecule has 2 heterocycles. The highest BCUT2D eigenvalue weighted by atomic mass is 35.5. The third-order valence-electron chi connectivity index (χ3n) is 2.78. The van der Waals surface area contributed by atoms with Gasteiger partial charge >= 0.3 is 0 Å². The average Bonchev–Trinajstić information content (AvgIpc) is 2.62. The van der Waals surface area contributed by atoms with Crippen LogP contribution < -0.4 is 0 Å². The zero-order chi connectivity index (χ0) is 13.3. The first kappa shape index (κ1) is 14.1. The molecule has 98 valence electrons. The van der Waals surface area contributed by atoms with E-state index in [0.29, 0.717) is 10.9 Å². The zero-order valence-electron chi connectivity index (χ0n) is 10.5. The molecule has 0 amide bonds. The van der Waals surface area contributed by atoms with Crippen LogP contribution >= 0.6 is 34.7 Å². The number of hydrogen-bond donors (Lipinski definition) is 1. The predicted molar refractivity (Wildman–Crippen MR) is 79.7 cm³/mol. The summed E-state index contributed by atoms with van der Waals surface area (Å²) >= 11 is 9.51. The van der Waals surface area contributed by atoms with E-state index in [9.17, 15) is 0 Å². The van der Waals surface area contributed by atoms with Gasteiger partial charge < -0.3 is 5.11 Å². The van der Waals surface area contributed by atoms with Gasteiger partial charge in [0.05, 0.1) is 17.7 Å². The number of nitrogens with zero attached hydrogens (tertiary/aromatic N) is 2. The molecule has 0 spiro atoms. The highest BCUT2D eigenvalue weighted by Crippen LogP contribution is 2.33. The van der Waals surface area contributed by atoms with E-state index < -0.39 is 0 Å². The topological polar surface area (TPSA) is 46.0 Å². The van der Waals surface area contributed by atoms with Crippen LogP contribution in [0.4, 0.5) is 0 Å². The number of aliphatic hydroxyl groups excluding tert-OH is 1. The van der Waals surface area contributed by atoms with E-state index in [4.69, 9.17) is 16.7 Å². The molecule has 0 aromatic carbocycles. The molecule has 0 radical (unpaired) electrons. The number of aliphatic hydroxyl groups is 1. The summed E-state index contributed by atoms with van der Waals surface area (Å²) in [6.45, 7) is 6.26. The molecule has 6 heteroatoms. The molecule has 2 rings (SSSR count). The van der Waals surface area contributed by atoms with E-state index in [0.717, 1.165) is 16.0 Å². The first-order chi connectivity index (χ1) is 8.52. The lowest BCUT2D eigenvalue weighted by molar-refractivity contribution is 0.300. The Bertz CT molecular complexity index is 571. The third-order valence-corrected chi connectivity index (χ3v) is 5.30. The summed E-state index contributed by atoms with van der Waals surface area (Å²) < 4.78 is 0. The minimum absolute atomic E-state index is 0.165. The van der Waals surface area contributed by atoms with Gasteiger partial charge in [-0.2, -0.15) is 0 Å². The van der Waals surface area contributed by atoms with Crippen molar-refractivity contribution < 1.29 is 5.11 Å². The van der Waals surface area contributed by atoms with E-state index in [-0.39, 0.29) is 11.9 Å². The molecule has 1 unspecified atom stereocenters. The van der Waals surface area contributed by atoms with E-state index in [1.165, 1.54) is 10.4 Å². The Kier molecular flexibility index (Phi) is 4.48. The molecule has 18 heavy (non-hydrogen) atoms. The highest BCUT2D eigenvalue weighted by molar-refractivity contribution is 7.99. The van der Waals surface area contributed by atoms with Crippen LogP contribution in [0.25, 0.3) is 10.2 Å². The fourth-order valence-corrected chi connectivity index (χ4v) is 3.68. The summed E-state index contributed by atoms with van der Waals surface area (Å²) in [5.74, 6) is 1.41. The maximum atomic E-state index is 8.99. The molecule has 1 atom stereocenters. The van der Waals surface area contributed by atoms with Crippen LogP contribution in [0.5, 0.6) is 0 Å². The van der Waals surface area contributed by atoms with Crippen LogP contribution in [0.2, 0.25) is 5.15 Å². The molecule has 0 aliphatic carbocycles. The molecule has 0 aliphatic rings. The molecular formula is C12H15ClN2OS2. The summed E-state index contributed by atoms with van der Waals surface area (Å²) in [5, 5.41) is 10.7. The summed E-state index contributed by atoms with van der Waals surface area (Å²) in [6, 6.07) is 0. The van der Waals surface area contributed by atoms with Crippen molar-refractivity contribution in [3.05, 3.63) is 21.4 Å². The number of halogens is 1. The number of fused-ring (bicyclic) bond motifs is 1. The number of aryl methyl sites for hydroxylation is 2. The quantitative estimate of drug-likeness (QED) is 0.877. The molecule has 0 aliphatic heterocycles. The second-order valence-corrected chi connectivity index (χ2v) is 7.19. The van der Waals surface area contributed by atoms with E-state index in [2.05, 4.69) is 16.9 Å².